The molecule has 2 aromatic rings. The molecule has 29 heavy (non-hydrogen) atoms. The highest BCUT2D eigenvalue weighted by molar-refractivity contribution is 6.10. The van der Waals surface area contributed by atoms with Crippen LogP contribution in [0.3, 0.4) is 0 Å². The van der Waals surface area contributed by atoms with Gasteiger partial charge in [0.2, 0.25) is 11.8 Å². The number of nitrogens with zero attached hydrogens (tertiary/aromatic N) is 3. The Bertz CT molecular complexity index is 1030. The summed E-state index contributed by atoms with van der Waals surface area (Å²) in [5.41, 5.74) is 2.64. The molecule has 6 heteroatoms. The average molecular weight is 389 g/mol. The summed E-state index contributed by atoms with van der Waals surface area (Å²) in [6.45, 7) is 2.91. The minimum atomic E-state index is -0.717. The number of hydrogen-bond acceptors (Lipinski definition) is 3. The zero-order valence-electron chi connectivity index (χ0n) is 16.4. The molecule has 2 aromatic carbocycles. The van der Waals surface area contributed by atoms with E-state index in [2.05, 4.69) is 6.07 Å². The first-order chi connectivity index (χ1) is 14.0. The second kappa shape index (κ2) is 6.44. The van der Waals surface area contributed by atoms with Gasteiger partial charge in [-0.05, 0) is 43.5 Å². The normalized spacial score (nSPS) is 22.6. The molecule has 5 rings (SSSR count). The van der Waals surface area contributed by atoms with Gasteiger partial charge in [0.1, 0.15) is 5.66 Å². The van der Waals surface area contributed by atoms with Crippen LogP contribution in [0.25, 0.3) is 0 Å². The van der Waals surface area contributed by atoms with Crippen LogP contribution < -0.4 is 9.80 Å². The van der Waals surface area contributed by atoms with E-state index in [1.807, 2.05) is 48.2 Å². The molecule has 3 aliphatic rings. The Morgan fingerprint density at radius 1 is 1.00 bits per heavy atom. The van der Waals surface area contributed by atoms with Crippen molar-refractivity contribution in [3.05, 3.63) is 59.7 Å². The van der Waals surface area contributed by atoms with Crippen LogP contribution in [0.1, 0.15) is 42.1 Å². The number of carbonyl (C=O) groups excluding carboxylic acids is 3. The van der Waals surface area contributed by atoms with Crippen LogP contribution in [0.5, 0.6) is 0 Å². The lowest BCUT2D eigenvalue weighted by molar-refractivity contribution is -0.118. The fourth-order valence-electron chi connectivity index (χ4n) is 4.98. The molecule has 0 bridgehead atoms. The second-order valence-corrected chi connectivity index (χ2v) is 8.09. The number of carbonyl (C=O) groups is 3. The lowest BCUT2D eigenvalue weighted by atomic mass is 9.98. The second-order valence-electron chi connectivity index (χ2n) is 8.09. The van der Waals surface area contributed by atoms with Gasteiger partial charge in [-0.15, -0.1) is 0 Å². The van der Waals surface area contributed by atoms with E-state index in [0.717, 1.165) is 12.1 Å². The van der Waals surface area contributed by atoms with Crippen LogP contribution in [0.4, 0.5) is 11.4 Å². The van der Waals surface area contributed by atoms with E-state index in [1.165, 1.54) is 5.56 Å². The number of amides is 3. The highest BCUT2D eigenvalue weighted by atomic mass is 16.2. The lowest BCUT2D eigenvalue weighted by Gasteiger charge is -2.48. The Kier molecular flexibility index (Phi) is 3.98. The van der Waals surface area contributed by atoms with Gasteiger partial charge in [-0.1, -0.05) is 30.3 Å². The molecule has 0 N–H and O–H groups in total. The van der Waals surface area contributed by atoms with Crippen molar-refractivity contribution in [3.63, 3.8) is 0 Å². The summed E-state index contributed by atoms with van der Waals surface area (Å²) >= 11 is 0. The molecule has 0 aromatic heterocycles. The zero-order valence-corrected chi connectivity index (χ0v) is 16.4. The number of anilines is 2. The maximum Gasteiger partial charge on any atom is 0.257 e. The molecule has 0 saturated carbocycles. The third kappa shape index (κ3) is 2.58. The van der Waals surface area contributed by atoms with Crippen LogP contribution in [-0.2, 0) is 16.0 Å². The van der Waals surface area contributed by atoms with Gasteiger partial charge in [-0.3, -0.25) is 19.3 Å². The van der Waals surface area contributed by atoms with Gasteiger partial charge in [0.15, 0.2) is 0 Å². The maximum atomic E-state index is 13.3. The summed E-state index contributed by atoms with van der Waals surface area (Å²) in [4.78, 5) is 44.2. The van der Waals surface area contributed by atoms with E-state index in [9.17, 15) is 14.4 Å². The highest BCUT2D eigenvalue weighted by Gasteiger charge is 2.52. The van der Waals surface area contributed by atoms with Crippen LogP contribution in [0.15, 0.2) is 48.5 Å². The molecule has 148 valence electrons. The van der Waals surface area contributed by atoms with Crippen molar-refractivity contribution in [3.8, 4) is 0 Å². The molecule has 1 atom stereocenters. The number of benzene rings is 2. The largest absolute Gasteiger partial charge is 0.315 e. The average Bonchev–Trinajstić information content (AvgIpc) is 3.29. The molecule has 3 amide bonds. The minimum Gasteiger partial charge on any atom is -0.315 e. The summed E-state index contributed by atoms with van der Waals surface area (Å²) in [6.07, 6.45) is 2.08. The zero-order chi connectivity index (χ0) is 20.2. The van der Waals surface area contributed by atoms with E-state index in [0.29, 0.717) is 37.2 Å². The summed E-state index contributed by atoms with van der Waals surface area (Å²) < 4.78 is 0. The quantitative estimate of drug-likeness (QED) is 0.811. The van der Waals surface area contributed by atoms with Crippen molar-refractivity contribution in [2.24, 2.45) is 0 Å². The van der Waals surface area contributed by atoms with E-state index >= 15 is 0 Å². The van der Waals surface area contributed by atoms with Crippen LogP contribution in [0, 0.1) is 0 Å². The fourth-order valence-corrected chi connectivity index (χ4v) is 4.98. The minimum absolute atomic E-state index is 0.0149. The summed E-state index contributed by atoms with van der Waals surface area (Å²) in [7, 11) is 0. The molecular formula is C23H23N3O3. The smallest absolute Gasteiger partial charge is 0.257 e. The number of fused-ring (bicyclic) bond motifs is 4. The molecule has 1 unspecified atom stereocenters. The van der Waals surface area contributed by atoms with Gasteiger partial charge in [-0.2, -0.15) is 0 Å². The Morgan fingerprint density at radius 3 is 2.55 bits per heavy atom. The third-order valence-corrected chi connectivity index (χ3v) is 6.48. The molecule has 0 spiro atoms. The van der Waals surface area contributed by atoms with Gasteiger partial charge >= 0.3 is 0 Å². The predicted octanol–water partition coefficient (Wildman–Crippen LogP) is 2.96. The molecule has 0 aliphatic carbocycles. The van der Waals surface area contributed by atoms with Crippen molar-refractivity contribution in [1.29, 1.82) is 0 Å². The number of para-hydroxylation sites is 2. The van der Waals surface area contributed by atoms with E-state index in [-0.39, 0.29) is 24.1 Å². The summed E-state index contributed by atoms with van der Waals surface area (Å²) in [5, 5.41) is 0. The first-order valence-corrected chi connectivity index (χ1v) is 10.1. The van der Waals surface area contributed by atoms with Crippen molar-refractivity contribution in [1.82, 2.24) is 4.90 Å². The molecular weight excluding hydrogens is 366 g/mol. The summed E-state index contributed by atoms with van der Waals surface area (Å²) in [5.74, 6) is -0.0676. The lowest BCUT2D eigenvalue weighted by Crippen LogP contribution is -2.62. The van der Waals surface area contributed by atoms with Gasteiger partial charge in [0.25, 0.3) is 5.91 Å². The monoisotopic (exact) mass is 389 g/mol. The Morgan fingerprint density at radius 2 is 1.72 bits per heavy atom. The number of rotatable bonds is 3. The molecule has 1 fully saturated rings. The van der Waals surface area contributed by atoms with Crippen molar-refractivity contribution in [2.75, 3.05) is 22.9 Å². The SMILES string of the molecule is CC12CCC(=O)N1c1ccccc1C(=O)N2CCC(=O)N1CCc2ccccc21. The molecule has 6 nitrogen and oxygen atoms in total. The maximum absolute atomic E-state index is 13.3. The standard InChI is InChI=1S/C23H23N3O3/c1-23-13-10-21(28)26(23)19-9-5-3-7-17(19)22(29)25(23)15-12-20(27)24-14-11-16-6-2-4-8-18(16)24/h2-9H,10-15H2,1H3. The number of hydrogen-bond donors (Lipinski definition) is 0. The highest BCUT2D eigenvalue weighted by Crippen LogP contribution is 2.44. The van der Waals surface area contributed by atoms with Crippen molar-refractivity contribution < 1.29 is 14.4 Å². The van der Waals surface area contributed by atoms with Gasteiger partial charge in [-0.25, -0.2) is 0 Å². The topological polar surface area (TPSA) is 60.9 Å². The first-order valence-electron chi connectivity index (χ1n) is 10.1. The molecule has 0 radical (unpaired) electrons. The van der Waals surface area contributed by atoms with Crippen LogP contribution in [-0.4, -0.2) is 41.4 Å². The first kappa shape index (κ1) is 17.9. The van der Waals surface area contributed by atoms with Gasteiger partial charge < -0.3 is 9.80 Å². The summed E-state index contributed by atoms with van der Waals surface area (Å²) in [6, 6.07) is 15.2. The van der Waals surface area contributed by atoms with Crippen molar-refractivity contribution >= 4 is 29.1 Å². The van der Waals surface area contributed by atoms with Gasteiger partial charge in [0, 0.05) is 31.6 Å². The Balaban J connectivity index is 1.41. The third-order valence-electron chi connectivity index (χ3n) is 6.48. The van der Waals surface area contributed by atoms with Crippen LogP contribution >= 0.6 is 0 Å². The van der Waals surface area contributed by atoms with E-state index < -0.39 is 5.66 Å². The molecule has 1 saturated heterocycles. The fraction of sp³-hybridized carbons (Fsp3) is 0.348. The van der Waals surface area contributed by atoms with E-state index in [4.69, 9.17) is 0 Å². The van der Waals surface area contributed by atoms with Crippen LogP contribution in [0.2, 0.25) is 0 Å². The van der Waals surface area contributed by atoms with Crippen molar-refractivity contribution in [2.45, 2.75) is 38.3 Å². The van der Waals surface area contributed by atoms with E-state index in [1.54, 1.807) is 15.9 Å². The Hall–Kier alpha value is -3.15. The molecule has 3 heterocycles. The predicted molar refractivity (Wildman–Crippen MR) is 110 cm³/mol. The Labute approximate surface area is 169 Å². The van der Waals surface area contributed by atoms with Gasteiger partial charge in [0.05, 0.1) is 11.3 Å². The molecule has 3 aliphatic heterocycles.